The van der Waals surface area contributed by atoms with Crippen LogP contribution >= 0.6 is 0 Å². The summed E-state index contributed by atoms with van der Waals surface area (Å²) >= 11 is 0. The molecule has 1 heterocycles. The molecule has 0 fully saturated rings. The molecule has 0 spiro atoms. The number of rotatable bonds is 2. The van der Waals surface area contributed by atoms with E-state index >= 15 is 0 Å². The van der Waals surface area contributed by atoms with Gasteiger partial charge in [0.05, 0.1) is 11.6 Å². The second-order valence-electron chi connectivity index (χ2n) is 5.16. The van der Waals surface area contributed by atoms with Crippen molar-refractivity contribution >= 4 is 16.9 Å². The van der Waals surface area contributed by atoms with E-state index in [-0.39, 0.29) is 12.3 Å². The summed E-state index contributed by atoms with van der Waals surface area (Å²) in [6.07, 6.45) is 2.82. The summed E-state index contributed by atoms with van der Waals surface area (Å²) in [7, 11) is 0. The highest BCUT2D eigenvalue weighted by molar-refractivity contribution is 5.86. The van der Waals surface area contributed by atoms with Gasteiger partial charge in [-0.2, -0.15) is 5.26 Å². The molecule has 1 aliphatic carbocycles. The van der Waals surface area contributed by atoms with Gasteiger partial charge in [-0.3, -0.25) is 4.79 Å². The first-order chi connectivity index (χ1) is 9.17. The molecule has 1 aromatic heterocycles. The van der Waals surface area contributed by atoms with Gasteiger partial charge in [0.15, 0.2) is 0 Å². The van der Waals surface area contributed by atoms with Gasteiger partial charge in [0.2, 0.25) is 0 Å². The predicted octanol–water partition coefficient (Wildman–Crippen LogP) is 2.62. The Labute approximate surface area is 110 Å². The second-order valence-corrected chi connectivity index (χ2v) is 5.16. The Morgan fingerprint density at radius 1 is 1.53 bits per heavy atom. The Hall–Kier alpha value is -2.28. The number of H-pyrrole nitrogens is 1. The van der Waals surface area contributed by atoms with Crippen molar-refractivity contribution in [3.8, 4) is 6.07 Å². The first-order valence-electron chi connectivity index (χ1n) is 6.42. The van der Waals surface area contributed by atoms with Crippen LogP contribution in [-0.2, 0) is 17.6 Å². The lowest BCUT2D eigenvalue weighted by atomic mass is 9.85. The molecule has 0 aliphatic heterocycles. The van der Waals surface area contributed by atoms with Crippen LogP contribution in [0.15, 0.2) is 18.2 Å². The van der Waals surface area contributed by atoms with Crippen molar-refractivity contribution in [2.45, 2.75) is 25.7 Å². The maximum absolute atomic E-state index is 10.8. The number of carboxylic acid groups (broad SMARTS) is 1. The Morgan fingerprint density at radius 2 is 2.37 bits per heavy atom. The lowest BCUT2D eigenvalue weighted by Crippen LogP contribution is -2.17. The van der Waals surface area contributed by atoms with Crippen molar-refractivity contribution in [1.29, 1.82) is 5.26 Å². The molecule has 2 N–H and O–H groups in total. The van der Waals surface area contributed by atoms with Crippen LogP contribution < -0.4 is 0 Å². The minimum atomic E-state index is -0.726. The number of aryl methyl sites for hydroxylation is 1. The number of aliphatic carboxylic acids is 1. The van der Waals surface area contributed by atoms with E-state index in [0.717, 1.165) is 35.9 Å². The van der Waals surface area contributed by atoms with Crippen LogP contribution in [0, 0.1) is 17.2 Å². The van der Waals surface area contributed by atoms with Gasteiger partial charge in [0.1, 0.15) is 0 Å². The zero-order valence-electron chi connectivity index (χ0n) is 10.4. The topological polar surface area (TPSA) is 76.9 Å². The summed E-state index contributed by atoms with van der Waals surface area (Å²) in [6, 6.07) is 7.81. The number of benzene rings is 1. The number of fused-ring (bicyclic) bond motifs is 3. The molecule has 0 amide bonds. The Morgan fingerprint density at radius 3 is 3.11 bits per heavy atom. The number of carbonyl (C=O) groups is 1. The molecule has 3 rings (SSSR count). The number of nitriles is 1. The van der Waals surface area contributed by atoms with E-state index < -0.39 is 5.97 Å². The van der Waals surface area contributed by atoms with E-state index in [9.17, 15) is 4.79 Å². The maximum Gasteiger partial charge on any atom is 0.303 e. The minimum Gasteiger partial charge on any atom is -0.481 e. The van der Waals surface area contributed by atoms with Crippen LogP contribution in [0.4, 0.5) is 0 Å². The van der Waals surface area contributed by atoms with Gasteiger partial charge in [-0.25, -0.2) is 0 Å². The molecular formula is C15H14N2O2. The lowest BCUT2D eigenvalue weighted by molar-refractivity contribution is -0.138. The SMILES string of the molecule is N#Cc1ccc2[nH]c3c(c2c1)CCC(CC(=O)O)C3. The number of carboxylic acids is 1. The highest BCUT2D eigenvalue weighted by atomic mass is 16.4. The standard InChI is InChI=1S/C15H14N2O2/c16-8-10-2-4-13-12(5-10)11-3-1-9(7-15(18)19)6-14(11)17-13/h2,4-5,9,17H,1,3,6-7H2,(H,18,19). The van der Waals surface area contributed by atoms with E-state index in [1.165, 1.54) is 5.56 Å². The third kappa shape index (κ3) is 2.08. The third-order valence-corrected chi connectivity index (χ3v) is 3.88. The van der Waals surface area contributed by atoms with Crippen LogP contribution in [-0.4, -0.2) is 16.1 Å². The zero-order chi connectivity index (χ0) is 13.4. The molecule has 96 valence electrons. The van der Waals surface area contributed by atoms with Crippen LogP contribution in [0.25, 0.3) is 10.9 Å². The first-order valence-corrected chi connectivity index (χ1v) is 6.42. The molecule has 19 heavy (non-hydrogen) atoms. The van der Waals surface area contributed by atoms with Gasteiger partial charge in [-0.1, -0.05) is 0 Å². The Kier molecular flexibility index (Phi) is 2.75. The molecule has 0 radical (unpaired) electrons. The van der Waals surface area contributed by atoms with Crippen LogP contribution in [0.3, 0.4) is 0 Å². The molecule has 0 saturated heterocycles. The fraction of sp³-hybridized carbons (Fsp3) is 0.333. The minimum absolute atomic E-state index is 0.216. The average Bonchev–Trinajstić information content (AvgIpc) is 2.74. The van der Waals surface area contributed by atoms with Gasteiger partial charge < -0.3 is 10.1 Å². The molecule has 1 atom stereocenters. The zero-order valence-corrected chi connectivity index (χ0v) is 10.4. The predicted molar refractivity (Wildman–Crippen MR) is 70.8 cm³/mol. The molecule has 0 bridgehead atoms. The number of aromatic nitrogens is 1. The number of hydrogen-bond donors (Lipinski definition) is 2. The molecule has 1 aromatic carbocycles. The maximum atomic E-state index is 10.8. The van der Waals surface area contributed by atoms with Crippen molar-refractivity contribution < 1.29 is 9.90 Å². The molecule has 1 unspecified atom stereocenters. The van der Waals surface area contributed by atoms with Crippen molar-refractivity contribution in [3.05, 3.63) is 35.0 Å². The Bertz CT molecular complexity index is 694. The summed E-state index contributed by atoms with van der Waals surface area (Å²) in [5.74, 6) is -0.509. The first kappa shape index (κ1) is 11.8. The molecular weight excluding hydrogens is 240 g/mol. The van der Waals surface area contributed by atoms with Crippen LogP contribution in [0.2, 0.25) is 0 Å². The molecule has 0 saturated carbocycles. The quantitative estimate of drug-likeness (QED) is 0.864. The monoisotopic (exact) mass is 254 g/mol. The molecule has 4 heteroatoms. The summed E-state index contributed by atoms with van der Waals surface area (Å²) in [5.41, 5.74) is 4.11. The number of aromatic amines is 1. The highest BCUT2D eigenvalue weighted by Crippen LogP contribution is 2.33. The third-order valence-electron chi connectivity index (χ3n) is 3.88. The average molecular weight is 254 g/mol. The normalized spacial score (nSPS) is 17.9. The molecule has 2 aromatic rings. The summed E-state index contributed by atoms with van der Waals surface area (Å²) in [5, 5.41) is 18.9. The fourth-order valence-corrected chi connectivity index (χ4v) is 2.99. The van der Waals surface area contributed by atoms with Gasteiger partial charge in [0.25, 0.3) is 0 Å². The van der Waals surface area contributed by atoms with Crippen LogP contribution in [0.1, 0.15) is 29.7 Å². The number of hydrogen-bond acceptors (Lipinski definition) is 2. The molecule has 4 nitrogen and oxygen atoms in total. The van der Waals surface area contributed by atoms with Crippen molar-refractivity contribution in [1.82, 2.24) is 4.98 Å². The van der Waals surface area contributed by atoms with Gasteiger partial charge >= 0.3 is 5.97 Å². The smallest absolute Gasteiger partial charge is 0.303 e. The van der Waals surface area contributed by atoms with Crippen molar-refractivity contribution in [3.63, 3.8) is 0 Å². The van der Waals surface area contributed by atoms with E-state index in [4.69, 9.17) is 10.4 Å². The lowest BCUT2D eigenvalue weighted by Gasteiger charge is -2.20. The van der Waals surface area contributed by atoms with E-state index in [1.54, 1.807) is 6.07 Å². The number of nitrogens with one attached hydrogen (secondary N) is 1. The fourth-order valence-electron chi connectivity index (χ4n) is 2.99. The number of nitrogens with zero attached hydrogens (tertiary/aromatic N) is 1. The summed E-state index contributed by atoms with van der Waals surface area (Å²) in [4.78, 5) is 14.2. The largest absolute Gasteiger partial charge is 0.481 e. The highest BCUT2D eigenvalue weighted by Gasteiger charge is 2.24. The van der Waals surface area contributed by atoms with Crippen LogP contribution in [0.5, 0.6) is 0 Å². The van der Waals surface area contributed by atoms with Crippen molar-refractivity contribution in [2.75, 3.05) is 0 Å². The van der Waals surface area contributed by atoms with Crippen molar-refractivity contribution in [2.24, 2.45) is 5.92 Å². The summed E-state index contributed by atoms with van der Waals surface area (Å²) in [6.45, 7) is 0. The summed E-state index contributed by atoms with van der Waals surface area (Å²) < 4.78 is 0. The van der Waals surface area contributed by atoms with Gasteiger partial charge in [-0.15, -0.1) is 0 Å². The van der Waals surface area contributed by atoms with E-state index in [2.05, 4.69) is 11.1 Å². The van der Waals surface area contributed by atoms with Gasteiger partial charge in [0, 0.05) is 23.0 Å². The molecule has 1 aliphatic rings. The second kappa shape index (κ2) is 4.43. The van der Waals surface area contributed by atoms with Gasteiger partial charge in [-0.05, 0) is 48.9 Å². The Balaban J connectivity index is 1.99. The van der Waals surface area contributed by atoms with E-state index in [0.29, 0.717) is 5.56 Å². The van der Waals surface area contributed by atoms with E-state index in [1.807, 2.05) is 12.1 Å².